The van der Waals surface area contributed by atoms with Gasteiger partial charge in [0.1, 0.15) is 5.82 Å². The molecule has 2 N–H and O–H groups in total. The molecule has 1 aliphatic rings. The minimum atomic E-state index is -0.319. The molecule has 0 aromatic heterocycles. The second-order valence-corrected chi connectivity index (χ2v) is 6.98. The molecule has 0 spiro atoms. The lowest BCUT2D eigenvalue weighted by Crippen LogP contribution is -2.40. The highest BCUT2D eigenvalue weighted by atomic mass is 19.1. The Morgan fingerprint density at radius 3 is 2.48 bits per heavy atom. The molecule has 0 saturated carbocycles. The largest absolute Gasteiger partial charge is 0.356 e. The summed E-state index contributed by atoms with van der Waals surface area (Å²) in [5, 5.41) is 5.77. The highest BCUT2D eigenvalue weighted by Crippen LogP contribution is 2.33. The van der Waals surface area contributed by atoms with Crippen molar-refractivity contribution in [2.24, 2.45) is 11.8 Å². The van der Waals surface area contributed by atoms with E-state index in [-0.39, 0.29) is 29.6 Å². The van der Waals surface area contributed by atoms with Crippen LogP contribution >= 0.6 is 0 Å². The zero-order valence-corrected chi connectivity index (χ0v) is 15.2. The van der Waals surface area contributed by atoms with Gasteiger partial charge in [0.2, 0.25) is 5.91 Å². The molecular formula is C19H28FN3O2. The van der Waals surface area contributed by atoms with Crippen LogP contribution in [0.4, 0.5) is 9.18 Å². The van der Waals surface area contributed by atoms with E-state index in [1.807, 2.05) is 6.92 Å². The van der Waals surface area contributed by atoms with Crippen LogP contribution in [-0.2, 0) is 4.79 Å². The summed E-state index contributed by atoms with van der Waals surface area (Å²) < 4.78 is 13.2. The lowest BCUT2D eigenvalue weighted by molar-refractivity contribution is -0.124. The molecule has 1 saturated heterocycles. The van der Waals surface area contributed by atoms with E-state index in [1.54, 1.807) is 17.0 Å². The third-order valence-corrected chi connectivity index (χ3v) is 4.59. The molecule has 2 atom stereocenters. The van der Waals surface area contributed by atoms with E-state index in [4.69, 9.17) is 0 Å². The molecule has 1 aliphatic heterocycles. The van der Waals surface area contributed by atoms with Crippen molar-refractivity contribution in [2.75, 3.05) is 26.2 Å². The van der Waals surface area contributed by atoms with E-state index in [9.17, 15) is 14.0 Å². The van der Waals surface area contributed by atoms with Crippen molar-refractivity contribution >= 4 is 11.9 Å². The van der Waals surface area contributed by atoms with Crippen molar-refractivity contribution in [2.45, 2.75) is 33.1 Å². The summed E-state index contributed by atoms with van der Waals surface area (Å²) in [4.78, 5) is 26.5. The first-order valence-corrected chi connectivity index (χ1v) is 8.98. The molecule has 0 aliphatic carbocycles. The monoisotopic (exact) mass is 349 g/mol. The van der Waals surface area contributed by atoms with Crippen molar-refractivity contribution in [3.63, 3.8) is 0 Å². The van der Waals surface area contributed by atoms with Crippen molar-refractivity contribution in [3.8, 4) is 0 Å². The minimum absolute atomic E-state index is 0.0400. The Hall–Kier alpha value is -2.11. The molecule has 5 nitrogen and oxygen atoms in total. The first kappa shape index (κ1) is 19.2. The number of halogens is 1. The maximum Gasteiger partial charge on any atom is 0.317 e. The standard InChI is InChI=1S/C19H28FN3O2/c1-4-21-19(25)23-11-16(14-5-7-15(20)8-6-14)17(12-23)18(24)22-10-9-13(2)3/h5-8,13,16-17H,4,9-12H2,1-3H3,(H,21,25)(H,22,24)/t16-,17+/m1/s1. The minimum Gasteiger partial charge on any atom is -0.356 e. The molecule has 1 heterocycles. The SMILES string of the molecule is CCNC(=O)N1C[C@H](C(=O)NCCC(C)C)[C@@H](c2ccc(F)cc2)C1. The third-order valence-electron chi connectivity index (χ3n) is 4.59. The van der Waals surface area contributed by atoms with Gasteiger partial charge in [-0.25, -0.2) is 9.18 Å². The molecule has 2 rings (SSSR count). The summed E-state index contributed by atoms with van der Waals surface area (Å²) in [5.74, 6) is -0.270. The van der Waals surface area contributed by atoms with Crippen LogP contribution in [0.5, 0.6) is 0 Å². The second kappa shape index (κ2) is 8.83. The lowest BCUT2D eigenvalue weighted by Gasteiger charge is -2.18. The fourth-order valence-corrected chi connectivity index (χ4v) is 3.16. The number of urea groups is 1. The fraction of sp³-hybridized carbons (Fsp3) is 0.579. The van der Waals surface area contributed by atoms with Gasteiger partial charge in [0.25, 0.3) is 0 Å². The fourth-order valence-electron chi connectivity index (χ4n) is 3.16. The van der Waals surface area contributed by atoms with Crippen LogP contribution in [-0.4, -0.2) is 43.0 Å². The Labute approximate surface area is 149 Å². The zero-order valence-electron chi connectivity index (χ0n) is 15.2. The van der Waals surface area contributed by atoms with Crippen LogP contribution in [0.25, 0.3) is 0 Å². The molecule has 138 valence electrons. The molecular weight excluding hydrogens is 321 g/mol. The Balaban J connectivity index is 2.12. The molecule has 1 fully saturated rings. The summed E-state index contributed by atoms with van der Waals surface area (Å²) in [6.45, 7) is 8.09. The number of benzene rings is 1. The smallest absolute Gasteiger partial charge is 0.317 e. The first-order chi connectivity index (χ1) is 11.9. The average Bonchev–Trinajstić information content (AvgIpc) is 3.01. The van der Waals surface area contributed by atoms with Crippen LogP contribution in [0.1, 0.15) is 38.7 Å². The number of nitrogens with one attached hydrogen (secondary N) is 2. The molecule has 0 bridgehead atoms. The maximum atomic E-state index is 13.2. The molecule has 25 heavy (non-hydrogen) atoms. The number of nitrogens with zero attached hydrogens (tertiary/aromatic N) is 1. The second-order valence-electron chi connectivity index (χ2n) is 6.98. The topological polar surface area (TPSA) is 61.4 Å². The number of hydrogen-bond acceptors (Lipinski definition) is 2. The number of amides is 3. The van der Waals surface area contributed by atoms with E-state index in [2.05, 4.69) is 24.5 Å². The van der Waals surface area contributed by atoms with Gasteiger partial charge >= 0.3 is 6.03 Å². The summed E-state index contributed by atoms with van der Waals surface area (Å²) >= 11 is 0. The quantitative estimate of drug-likeness (QED) is 0.829. The predicted molar refractivity (Wildman–Crippen MR) is 95.7 cm³/mol. The van der Waals surface area contributed by atoms with Gasteiger partial charge in [-0.2, -0.15) is 0 Å². The number of carbonyl (C=O) groups excluding carboxylic acids is 2. The predicted octanol–water partition coefficient (Wildman–Crippen LogP) is 2.73. The van der Waals surface area contributed by atoms with Gasteiger partial charge in [0.15, 0.2) is 0 Å². The van der Waals surface area contributed by atoms with Gasteiger partial charge in [-0.3, -0.25) is 4.79 Å². The first-order valence-electron chi connectivity index (χ1n) is 8.98. The van der Waals surface area contributed by atoms with Crippen LogP contribution in [0.2, 0.25) is 0 Å². The Morgan fingerprint density at radius 1 is 1.20 bits per heavy atom. The number of rotatable bonds is 6. The van der Waals surface area contributed by atoms with Gasteiger partial charge in [0, 0.05) is 32.1 Å². The average molecular weight is 349 g/mol. The van der Waals surface area contributed by atoms with Crippen LogP contribution in [0.15, 0.2) is 24.3 Å². The van der Waals surface area contributed by atoms with E-state index in [0.717, 1.165) is 12.0 Å². The Kier molecular flexibility index (Phi) is 6.79. The number of likely N-dealkylation sites (tertiary alicyclic amines) is 1. The number of hydrogen-bond donors (Lipinski definition) is 2. The van der Waals surface area contributed by atoms with Crippen molar-refractivity contribution < 1.29 is 14.0 Å². The lowest BCUT2D eigenvalue weighted by atomic mass is 9.88. The number of carbonyl (C=O) groups is 2. The molecule has 1 aromatic carbocycles. The van der Waals surface area contributed by atoms with E-state index >= 15 is 0 Å². The summed E-state index contributed by atoms with van der Waals surface area (Å²) in [5.41, 5.74) is 0.886. The summed E-state index contributed by atoms with van der Waals surface area (Å²) in [7, 11) is 0. The Morgan fingerprint density at radius 2 is 1.88 bits per heavy atom. The Bertz CT molecular complexity index is 589. The van der Waals surface area contributed by atoms with Gasteiger partial charge in [-0.05, 0) is 37.0 Å². The van der Waals surface area contributed by atoms with Gasteiger partial charge < -0.3 is 15.5 Å². The van der Waals surface area contributed by atoms with Crippen LogP contribution < -0.4 is 10.6 Å². The van der Waals surface area contributed by atoms with Crippen molar-refractivity contribution in [1.82, 2.24) is 15.5 Å². The summed E-state index contributed by atoms with van der Waals surface area (Å²) in [6.07, 6.45) is 0.916. The molecule has 1 aromatic rings. The zero-order chi connectivity index (χ0) is 18.4. The molecule has 6 heteroatoms. The molecule has 3 amide bonds. The molecule has 0 unspecified atom stereocenters. The van der Waals surface area contributed by atoms with E-state index in [0.29, 0.717) is 32.1 Å². The van der Waals surface area contributed by atoms with Crippen molar-refractivity contribution in [3.05, 3.63) is 35.6 Å². The van der Waals surface area contributed by atoms with E-state index < -0.39 is 0 Å². The van der Waals surface area contributed by atoms with Crippen LogP contribution in [0.3, 0.4) is 0 Å². The van der Waals surface area contributed by atoms with Gasteiger partial charge in [0.05, 0.1) is 5.92 Å². The van der Waals surface area contributed by atoms with Gasteiger partial charge in [-0.15, -0.1) is 0 Å². The van der Waals surface area contributed by atoms with E-state index in [1.165, 1.54) is 12.1 Å². The third kappa shape index (κ3) is 5.18. The maximum absolute atomic E-state index is 13.2. The van der Waals surface area contributed by atoms with Crippen LogP contribution in [0, 0.1) is 17.7 Å². The normalized spacial score (nSPS) is 20.0. The summed E-state index contributed by atoms with van der Waals surface area (Å²) in [6, 6.07) is 6.05. The van der Waals surface area contributed by atoms with Crippen molar-refractivity contribution in [1.29, 1.82) is 0 Å². The highest BCUT2D eigenvalue weighted by Gasteiger charge is 2.40. The van der Waals surface area contributed by atoms with Gasteiger partial charge in [-0.1, -0.05) is 26.0 Å². The molecule has 0 radical (unpaired) electrons. The highest BCUT2D eigenvalue weighted by molar-refractivity contribution is 5.82.